The average molecular weight is 296 g/mol. The van der Waals surface area contributed by atoms with Crippen LogP contribution < -0.4 is 5.32 Å². The number of benzene rings is 2. The monoisotopic (exact) mass is 296 g/mol. The molecule has 106 valence electrons. The molecule has 0 saturated carbocycles. The second kappa shape index (κ2) is 6.96. The molecule has 0 aliphatic heterocycles. The molecule has 1 atom stereocenters. The van der Waals surface area contributed by atoms with Crippen LogP contribution in [0.3, 0.4) is 0 Å². The van der Waals surface area contributed by atoms with Crippen LogP contribution in [0.25, 0.3) is 0 Å². The molecule has 2 aromatic rings. The summed E-state index contributed by atoms with van der Waals surface area (Å²) in [6.45, 7) is 1.84. The maximum absolute atomic E-state index is 12.2. The predicted molar refractivity (Wildman–Crippen MR) is 87.4 cm³/mol. The average Bonchev–Trinajstić information content (AvgIpc) is 2.48. The van der Waals surface area contributed by atoms with Crippen molar-refractivity contribution in [2.24, 2.45) is 0 Å². The number of hydrogen-bond acceptors (Lipinski definition) is 3. The summed E-state index contributed by atoms with van der Waals surface area (Å²) < 4.78 is 0. The molecule has 2 rings (SSSR count). The maximum Gasteiger partial charge on any atom is 0.237 e. The molecular weight excluding hydrogens is 280 g/mol. The van der Waals surface area contributed by atoms with Crippen LogP contribution in [0, 0.1) is 18.3 Å². The molecule has 3 nitrogen and oxygen atoms in total. The number of aryl methyl sites for hydroxylation is 1. The molecule has 4 heteroatoms. The Labute approximate surface area is 130 Å². The number of nitrogens with zero attached hydrogens (tertiary/aromatic N) is 1. The fourth-order valence-electron chi connectivity index (χ4n) is 2.07. The van der Waals surface area contributed by atoms with Crippen LogP contribution >= 0.6 is 12.6 Å². The van der Waals surface area contributed by atoms with E-state index in [4.69, 9.17) is 5.26 Å². The Balaban J connectivity index is 2.08. The Hall–Kier alpha value is -2.25. The first-order valence-corrected chi connectivity index (χ1v) is 7.16. The van der Waals surface area contributed by atoms with Gasteiger partial charge in [-0.1, -0.05) is 42.5 Å². The van der Waals surface area contributed by atoms with Gasteiger partial charge in [0, 0.05) is 0 Å². The summed E-state index contributed by atoms with van der Waals surface area (Å²) in [7, 11) is 0. The Bertz CT molecular complexity index is 677. The van der Waals surface area contributed by atoms with E-state index < -0.39 is 5.25 Å². The van der Waals surface area contributed by atoms with Gasteiger partial charge in [-0.25, -0.2) is 0 Å². The van der Waals surface area contributed by atoms with Gasteiger partial charge in [-0.2, -0.15) is 17.9 Å². The second-order valence-electron chi connectivity index (χ2n) is 4.80. The van der Waals surface area contributed by atoms with Crippen LogP contribution in [-0.4, -0.2) is 11.2 Å². The number of carbonyl (C=O) groups excluding carboxylic acids is 1. The molecule has 1 unspecified atom stereocenters. The molecule has 2 aromatic carbocycles. The van der Waals surface area contributed by atoms with Crippen LogP contribution in [0.15, 0.2) is 48.5 Å². The lowest BCUT2D eigenvalue weighted by Gasteiger charge is -2.13. The van der Waals surface area contributed by atoms with E-state index in [1.165, 1.54) is 0 Å². The minimum atomic E-state index is -0.459. The lowest BCUT2D eigenvalue weighted by Crippen LogP contribution is -2.25. The van der Waals surface area contributed by atoms with E-state index in [1.807, 2.05) is 49.4 Å². The van der Waals surface area contributed by atoms with Gasteiger partial charge in [0.1, 0.15) is 6.07 Å². The molecular formula is C17H16N2OS. The largest absolute Gasteiger partial charge is 0.324 e. The first-order chi connectivity index (χ1) is 10.1. The van der Waals surface area contributed by atoms with Crippen LogP contribution in [0.2, 0.25) is 0 Å². The molecule has 0 heterocycles. The molecule has 0 bridgehead atoms. The molecule has 1 N–H and O–H groups in total. The van der Waals surface area contributed by atoms with E-state index in [0.29, 0.717) is 17.7 Å². The van der Waals surface area contributed by atoms with Crippen LogP contribution in [0.4, 0.5) is 5.69 Å². The Morgan fingerprint density at radius 2 is 1.95 bits per heavy atom. The van der Waals surface area contributed by atoms with Gasteiger partial charge in [-0.3, -0.25) is 4.79 Å². The molecule has 0 aromatic heterocycles. The van der Waals surface area contributed by atoms with E-state index in [-0.39, 0.29) is 5.91 Å². The Kier molecular flexibility index (Phi) is 5.02. The summed E-state index contributed by atoms with van der Waals surface area (Å²) in [6.07, 6.45) is 0.545. The summed E-state index contributed by atoms with van der Waals surface area (Å²) in [4.78, 5) is 12.2. The van der Waals surface area contributed by atoms with Crippen molar-refractivity contribution in [2.75, 3.05) is 5.32 Å². The van der Waals surface area contributed by atoms with Gasteiger partial charge in [-0.15, -0.1) is 0 Å². The van der Waals surface area contributed by atoms with Crippen molar-refractivity contribution in [3.05, 3.63) is 65.2 Å². The minimum Gasteiger partial charge on any atom is -0.324 e. The third-order valence-corrected chi connectivity index (χ3v) is 3.63. The van der Waals surface area contributed by atoms with E-state index in [0.717, 1.165) is 11.1 Å². The SMILES string of the molecule is Cc1cccc(NC(=O)C(S)Cc2ccccc2)c1C#N. The summed E-state index contributed by atoms with van der Waals surface area (Å²) in [5.41, 5.74) is 2.92. The van der Waals surface area contributed by atoms with Crippen molar-refractivity contribution in [1.82, 2.24) is 0 Å². The zero-order valence-electron chi connectivity index (χ0n) is 11.7. The van der Waals surface area contributed by atoms with Crippen molar-refractivity contribution >= 4 is 24.2 Å². The highest BCUT2D eigenvalue weighted by molar-refractivity contribution is 7.81. The highest BCUT2D eigenvalue weighted by Gasteiger charge is 2.16. The normalized spacial score (nSPS) is 11.5. The van der Waals surface area contributed by atoms with E-state index in [2.05, 4.69) is 24.0 Å². The van der Waals surface area contributed by atoms with Gasteiger partial charge in [-0.05, 0) is 30.5 Å². The number of hydrogen-bond donors (Lipinski definition) is 2. The van der Waals surface area contributed by atoms with Gasteiger partial charge in [0.25, 0.3) is 0 Å². The highest BCUT2D eigenvalue weighted by Crippen LogP contribution is 2.19. The fraction of sp³-hybridized carbons (Fsp3) is 0.176. The Morgan fingerprint density at radius 1 is 1.24 bits per heavy atom. The first-order valence-electron chi connectivity index (χ1n) is 6.64. The smallest absolute Gasteiger partial charge is 0.237 e. The number of rotatable bonds is 4. The second-order valence-corrected chi connectivity index (χ2v) is 5.43. The molecule has 0 fully saturated rings. The number of amides is 1. The summed E-state index contributed by atoms with van der Waals surface area (Å²) >= 11 is 4.36. The quantitative estimate of drug-likeness (QED) is 0.850. The van der Waals surface area contributed by atoms with Crippen LogP contribution in [0.5, 0.6) is 0 Å². The van der Waals surface area contributed by atoms with Crippen molar-refractivity contribution in [2.45, 2.75) is 18.6 Å². The van der Waals surface area contributed by atoms with Gasteiger partial charge in [0.15, 0.2) is 0 Å². The van der Waals surface area contributed by atoms with E-state index in [9.17, 15) is 4.79 Å². The van der Waals surface area contributed by atoms with Crippen molar-refractivity contribution in [3.8, 4) is 6.07 Å². The van der Waals surface area contributed by atoms with Crippen molar-refractivity contribution in [3.63, 3.8) is 0 Å². The highest BCUT2D eigenvalue weighted by atomic mass is 32.1. The number of nitrogens with one attached hydrogen (secondary N) is 1. The summed E-state index contributed by atoms with van der Waals surface area (Å²) in [5.74, 6) is -0.204. The third kappa shape index (κ3) is 3.87. The standard InChI is InChI=1S/C17H16N2OS/c1-12-6-5-9-15(14(12)11-18)19-17(20)16(21)10-13-7-3-2-4-8-13/h2-9,16,21H,10H2,1H3,(H,19,20). The molecule has 0 saturated heterocycles. The molecule has 0 radical (unpaired) electrons. The summed E-state index contributed by atoms with van der Waals surface area (Å²) in [6, 6.07) is 17.2. The summed E-state index contributed by atoms with van der Waals surface area (Å²) in [5, 5.41) is 11.5. The Morgan fingerprint density at radius 3 is 2.62 bits per heavy atom. The van der Waals surface area contributed by atoms with Crippen molar-refractivity contribution < 1.29 is 4.79 Å². The number of thiol groups is 1. The predicted octanol–water partition coefficient (Wildman–Crippen LogP) is 3.35. The third-order valence-electron chi connectivity index (χ3n) is 3.22. The van der Waals surface area contributed by atoms with E-state index in [1.54, 1.807) is 6.07 Å². The number of anilines is 1. The number of carbonyl (C=O) groups is 1. The lowest BCUT2D eigenvalue weighted by atomic mass is 10.1. The molecule has 21 heavy (non-hydrogen) atoms. The van der Waals surface area contributed by atoms with Gasteiger partial charge in [0.2, 0.25) is 5.91 Å². The fourth-order valence-corrected chi connectivity index (χ4v) is 2.34. The lowest BCUT2D eigenvalue weighted by molar-refractivity contribution is -0.115. The van der Waals surface area contributed by atoms with Gasteiger partial charge < -0.3 is 5.32 Å². The first kappa shape index (κ1) is 15.1. The van der Waals surface area contributed by atoms with Crippen LogP contribution in [-0.2, 0) is 11.2 Å². The maximum atomic E-state index is 12.2. The van der Waals surface area contributed by atoms with E-state index >= 15 is 0 Å². The molecule has 0 aliphatic rings. The zero-order valence-corrected chi connectivity index (χ0v) is 12.6. The minimum absolute atomic E-state index is 0.204. The topological polar surface area (TPSA) is 52.9 Å². The number of nitriles is 1. The van der Waals surface area contributed by atoms with Crippen molar-refractivity contribution in [1.29, 1.82) is 5.26 Å². The molecule has 1 amide bonds. The molecule has 0 aliphatic carbocycles. The van der Waals surface area contributed by atoms with Gasteiger partial charge in [0.05, 0.1) is 16.5 Å². The zero-order chi connectivity index (χ0) is 15.2. The van der Waals surface area contributed by atoms with Crippen LogP contribution in [0.1, 0.15) is 16.7 Å². The van der Waals surface area contributed by atoms with Gasteiger partial charge >= 0.3 is 0 Å². The molecule has 0 spiro atoms.